The normalized spacial score (nSPS) is 10.1. The maximum Gasteiger partial charge on any atom is 0.260 e. The highest BCUT2D eigenvalue weighted by atomic mass is 16.5. The third-order valence-electron chi connectivity index (χ3n) is 4.08. The van der Waals surface area contributed by atoms with Crippen LogP contribution in [0.2, 0.25) is 0 Å². The zero-order valence-electron chi connectivity index (χ0n) is 16.9. The van der Waals surface area contributed by atoms with Crippen LogP contribution in [0.1, 0.15) is 17.3 Å². The summed E-state index contributed by atoms with van der Waals surface area (Å²) in [7, 11) is 4.49. The first-order valence-electron chi connectivity index (χ1n) is 8.83. The fourth-order valence-corrected chi connectivity index (χ4v) is 2.46. The van der Waals surface area contributed by atoms with Crippen molar-refractivity contribution in [2.24, 2.45) is 0 Å². The Kier molecular flexibility index (Phi) is 7.59. The van der Waals surface area contributed by atoms with Crippen LogP contribution in [0.5, 0.6) is 17.2 Å². The van der Waals surface area contributed by atoms with Gasteiger partial charge in [-0.2, -0.15) is 0 Å². The molecule has 2 aromatic carbocycles. The average Bonchev–Trinajstić information content (AvgIpc) is 2.71. The maximum absolute atomic E-state index is 12.3. The van der Waals surface area contributed by atoms with Gasteiger partial charge in [-0.25, -0.2) is 0 Å². The van der Waals surface area contributed by atoms with Crippen molar-refractivity contribution in [3.8, 4) is 17.2 Å². The SMILES string of the molecule is COc1cccc(NC(=O)CN(C)C(=O)COc2ccc(C(C)=O)cc2OC)c1. The van der Waals surface area contributed by atoms with Gasteiger partial charge in [-0.3, -0.25) is 14.4 Å². The molecule has 0 aromatic heterocycles. The first-order valence-corrected chi connectivity index (χ1v) is 8.83. The average molecular weight is 400 g/mol. The standard InChI is InChI=1S/C21H24N2O6/c1-14(24)15-8-9-18(19(10-15)28-4)29-13-21(26)23(2)12-20(25)22-16-6-5-7-17(11-16)27-3/h5-11H,12-13H2,1-4H3,(H,22,25). The molecule has 2 rings (SSSR count). The number of nitrogens with one attached hydrogen (secondary N) is 1. The maximum atomic E-state index is 12.3. The molecule has 0 spiro atoms. The van der Waals surface area contributed by atoms with E-state index >= 15 is 0 Å². The van der Waals surface area contributed by atoms with E-state index in [0.29, 0.717) is 28.5 Å². The van der Waals surface area contributed by atoms with Gasteiger partial charge in [0.25, 0.3) is 5.91 Å². The Morgan fingerprint density at radius 2 is 1.76 bits per heavy atom. The van der Waals surface area contributed by atoms with Crippen LogP contribution >= 0.6 is 0 Å². The first-order chi connectivity index (χ1) is 13.8. The summed E-state index contributed by atoms with van der Waals surface area (Å²) < 4.78 is 15.8. The zero-order chi connectivity index (χ0) is 21.4. The van der Waals surface area contributed by atoms with Crippen LogP contribution < -0.4 is 19.5 Å². The molecule has 0 saturated heterocycles. The summed E-state index contributed by atoms with van der Waals surface area (Å²) in [6.07, 6.45) is 0. The number of amides is 2. The molecule has 0 aliphatic rings. The molecule has 0 atom stereocenters. The minimum Gasteiger partial charge on any atom is -0.497 e. The third-order valence-corrected chi connectivity index (χ3v) is 4.08. The molecule has 2 aromatic rings. The summed E-state index contributed by atoms with van der Waals surface area (Å²) >= 11 is 0. The van der Waals surface area contributed by atoms with Crippen LogP contribution in [0.25, 0.3) is 0 Å². The van der Waals surface area contributed by atoms with Gasteiger partial charge in [-0.1, -0.05) is 6.07 Å². The van der Waals surface area contributed by atoms with Gasteiger partial charge < -0.3 is 24.4 Å². The summed E-state index contributed by atoms with van der Waals surface area (Å²) in [5, 5.41) is 2.71. The van der Waals surface area contributed by atoms with Gasteiger partial charge in [0.2, 0.25) is 5.91 Å². The molecule has 1 N–H and O–H groups in total. The van der Waals surface area contributed by atoms with E-state index < -0.39 is 0 Å². The van der Waals surface area contributed by atoms with E-state index in [9.17, 15) is 14.4 Å². The van der Waals surface area contributed by atoms with Crippen molar-refractivity contribution in [1.29, 1.82) is 0 Å². The molecule has 0 saturated carbocycles. The second-order valence-electron chi connectivity index (χ2n) is 6.24. The minimum absolute atomic E-state index is 0.104. The highest BCUT2D eigenvalue weighted by Crippen LogP contribution is 2.28. The largest absolute Gasteiger partial charge is 0.497 e. The lowest BCUT2D eigenvalue weighted by Gasteiger charge is -2.18. The van der Waals surface area contributed by atoms with Crippen LogP contribution in [0, 0.1) is 0 Å². The molecule has 0 unspecified atom stereocenters. The van der Waals surface area contributed by atoms with Crippen LogP contribution in [0.3, 0.4) is 0 Å². The summed E-state index contributed by atoms with van der Waals surface area (Å²) in [5.41, 5.74) is 1.05. The molecule has 8 heteroatoms. The highest BCUT2D eigenvalue weighted by Gasteiger charge is 2.16. The van der Waals surface area contributed by atoms with Gasteiger partial charge in [-0.05, 0) is 37.3 Å². The summed E-state index contributed by atoms with van der Waals surface area (Å²) in [6.45, 7) is 1.03. The van der Waals surface area contributed by atoms with Gasteiger partial charge in [0.05, 0.1) is 20.8 Å². The molecule has 154 valence electrons. The molecular formula is C21H24N2O6. The Hall–Kier alpha value is -3.55. The number of anilines is 1. The number of hydrogen-bond acceptors (Lipinski definition) is 6. The molecule has 0 aliphatic carbocycles. The molecule has 29 heavy (non-hydrogen) atoms. The van der Waals surface area contributed by atoms with Crippen molar-refractivity contribution in [3.05, 3.63) is 48.0 Å². The fraction of sp³-hybridized carbons (Fsp3) is 0.286. The van der Waals surface area contributed by atoms with Gasteiger partial charge in [0.1, 0.15) is 5.75 Å². The number of hydrogen-bond donors (Lipinski definition) is 1. The Labute approximate surface area is 169 Å². The van der Waals surface area contributed by atoms with Crippen LogP contribution in [0.4, 0.5) is 5.69 Å². The number of rotatable bonds is 9. The lowest BCUT2D eigenvalue weighted by Crippen LogP contribution is -2.37. The minimum atomic E-state index is -0.386. The number of carbonyl (C=O) groups excluding carboxylic acids is 3. The molecule has 0 radical (unpaired) electrons. The number of methoxy groups -OCH3 is 2. The predicted octanol–water partition coefficient (Wildman–Crippen LogP) is 2.38. The molecule has 2 amide bonds. The molecule has 8 nitrogen and oxygen atoms in total. The Morgan fingerprint density at radius 3 is 2.41 bits per heavy atom. The van der Waals surface area contributed by atoms with Crippen molar-refractivity contribution < 1.29 is 28.6 Å². The molecule has 0 fully saturated rings. The molecule has 0 aliphatic heterocycles. The van der Waals surface area contributed by atoms with Crippen molar-refractivity contribution in [2.75, 3.05) is 39.7 Å². The number of Topliss-reactive ketones (excluding diaryl/α,β-unsaturated/α-hetero) is 1. The lowest BCUT2D eigenvalue weighted by atomic mass is 10.1. The van der Waals surface area contributed by atoms with E-state index in [1.54, 1.807) is 42.5 Å². The number of ketones is 1. The third kappa shape index (κ3) is 6.24. The van der Waals surface area contributed by atoms with E-state index in [2.05, 4.69) is 5.32 Å². The Bertz CT molecular complexity index is 896. The number of ether oxygens (including phenoxy) is 3. The first kappa shape index (κ1) is 21.7. The lowest BCUT2D eigenvalue weighted by molar-refractivity contribution is -0.135. The Balaban J connectivity index is 1.90. The molecule has 0 bridgehead atoms. The van der Waals surface area contributed by atoms with Gasteiger partial charge in [-0.15, -0.1) is 0 Å². The van der Waals surface area contributed by atoms with E-state index in [-0.39, 0.29) is 30.7 Å². The van der Waals surface area contributed by atoms with E-state index in [4.69, 9.17) is 14.2 Å². The van der Waals surface area contributed by atoms with E-state index in [0.717, 1.165) is 0 Å². The van der Waals surface area contributed by atoms with Crippen molar-refractivity contribution in [2.45, 2.75) is 6.92 Å². The molecule has 0 heterocycles. The summed E-state index contributed by atoms with van der Waals surface area (Å²) in [4.78, 5) is 37.2. The summed E-state index contributed by atoms with van der Waals surface area (Å²) in [6, 6.07) is 11.6. The van der Waals surface area contributed by atoms with Gasteiger partial charge in [0.15, 0.2) is 23.9 Å². The highest BCUT2D eigenvalue weighted by molar-refractivity contribution is 5.95. The fourth-order valence-electron chi connectivity index (χ4n) is 2.46. The molecular weight excluding hydrogens is 376 g/mol. The predicted molar refractivity (Wildman–Crippen MR) is 108 cm³/mol. The van der Waals surface area contributed by atoms with Crippen LogP contribution in [-0.2, 0) is 9.59 Å². The van der Waals surface area contributed by atoms with Gasteiger partial charge >= 0.3 is 0 Å². The van der Waals surface area contributed by atoms with Gasteiger partial charge in [0, 0.05) is 24.4 Å². The number of nitrogens with zero attached hydrogens (tertiary/aromatic N) is 1. The van der Waals surface area contributed by atoms with Crippen LogP contribution in [0.15, 0.2) is 42.5 Å². The second kappa shape index (κ2) is 10.1. The number of likely N-dealkylation sites (N-methyl/N-ethyl adjacent to an activating group) is 1. The van der Waals surface area contributed by atoms with E-state index in [1.165, 1.54) is 33.1 Å². The number of carbonyl (C=O) groups is 3. The van der Waals surface area contributed by atoms with E-state index in [1.807, 2.05) is 0 Å². The van der Waals surface area contributed by atoms with Crippen LogP contribution in [-0.4, -0.2) is 56.9 Å². The monoisotopic (exact) mass is 400 g/mol. The zero-order valence-corrected chi connectivity index (χ0v) is 16.9. The summed E-state index contributed by atoms with van der Waals surface area (Å²) in [5.74, 6) is 0.461. The number of benzene rings is 2. The second-order valence-corrected chi connectivity index (χ2v) is 6.24. The topological polar surface area (TPSA) is 94.2 Å². The van der Waals surface area contributed by atoms with Crippen molar-refractivity contribution in [1.82, 2.24) is 4.90 Å². The smallest absolute Gasteiger partial charge is 0.260 e. The van der Waals surface area contributed by atoms with Crippen molar-refractivity contribution in [3.63, 3.8) is 0 Å². The quantitative estimate of drug-likeness (QED) is 0.650. The Morgan fingerprint density at radius 1 is 1.00 bits per heavy atom. The van der Waals surface area contributed by atoms with Crippen molar-refractivity contribution >= 4 is 23.3 Å².